The van der Waals surface area contributed by atoms with Crippen LogP contribution in [-0.2, 0) is 4.79 Å². The maximum atomic E-state index is 12.8. The van der Waals surface area contributed by atoms with Gasteiger partial charge in [0, 0.05) is 38.8 Å². The highest BCUT2D eigenvalue weighted by atomic mass is 16.2. The normalized spacial score (nSPS) is 23.2. The number of imidazole rings is 1. The third-order valence-electron chi connectivity index (χ3n) is 5.56. The summed E-state index contributed by atoms with van der Waals surface area (Å²) in [6.45, 7) is 3.97. The Bertz CT molecular complexity index is 818. The van der Waals surface area contributed by atoms with Crippen molar-refractivity contribution in [2.45, 2.75) is 24.9 Å². The van der Waals surface area contributed by atoms with Crippen LogP contribution in [0.2, 0.25) is 0 Å². The van der Waals surface area contributed by atoms with Gasteiger partial charge in [-0.2, -0.15) is 0 Å². The van der Waals surface area contributed by atoms with Crippen molar-refractivity contribution in [3.05, 3.63) is 34.7 Å². The van der Waals surface area contributed by atoms with E-state index in [-0.39, 0.29) is 23.7 Å². The number of fused-ring (bicyclic) bond motifs is 1. The molecule has 0 saturated carbocycles. The van der Waals surface area contributed by atoms with Gasteiger partial charge in [0.05, 0.1) is 11.0 Å². The van der Waals surface area contributed by atoms with Gasteiger partial charge in [-0.1, -0.05) is 12.1 Å². The number of para-hydroxylation sites is 2. The molecule has 1 amide bonds. The lowest BCUT2D eigenvalue weighted by Gasteiger charge is -2.38. The third kappa shape index (κ3) is 2.98. The molecule has 2 N–H and O–H groups in total. The summed E-state index contributed by atoms with van der Waals surface area (Å²) in [6.07, 6.45) is 1.63. The van der Waals surface area contributed by atoms with Crippen LogP contribution in [0.25, 0.3) is 11.0 Å². The largest absolute Gasteiger partial charge is 0.341 e. The van der Waals surface area contributed by atoms with E-state index in [0.717, 1.165) is 43.5 Å². The van der Waals surface area contributed by atoms with Crippen molar-refractivity contribution >= 4 is 16.9 Å². The molecule has 7 nitrogen and oxygen atoms in total. The average Bonchev–Trinajstić information content (AvgIpc) is 2.97. The molecule has 4 rings (SSSR count). The van der Waals surface area contributed by atoms with E-state index in [1.807, 2.05) is 40.8 Å². The fourth-order valence-electron chi connectivity index (χ4n) is 4.07. The first-order valence-electron chi connectivity index (χ1n) is 9.04. The van der Waals surface area contributed by atoms with Crippen molar-refractivity contribution in [1.82, 2.24) is 24.7 Å². The van der Waals surface area contributed by atoms with Crippen LogP contribution in [0.15, 0.2) is 29.1 Å². The summed E-state index contributed by atoms with van der Waals surface area (Å²) in [5.41, 5.74) is 1.77. The van der Waals surface area contributed by atoms with Gasteiger partial charge < -0.3 is 15.2 Å². The number of rotatable bonds is 2. The number of nitrogens with zero attached hydrogens (tertiary/aromatic N) is 3. The van der Waals surface area contributed by atoms with Gasteiger partial charge in [-0.25, -0.2) is 4.79 Å². The van der Waals surface area contributed by atoms with Crippen LogP contribution in [0, 0.1) is 0 Å². The molecule has 1 aromatic heterocycles. The van der Waals surface area contributed by atoms with Crippen molar-refractivity contribution in [2.24, 2.45) is 0 Å². The van der Waals surface area contributed by atoms with Crippen molar-refractivity contribution in [3.63, 3.8) is 0 Å². The summed E-state index contributed by atoms with van der Waals surface area (Å²) in [5, 5.41) is 3.31. The predicted octanol–water partition coefficient (Wildman–Crippen LogP) is 0.397. The van der Waals surface area contributed by atoms with Crippen molar-refractivity contribution in [1.29, 1.82) is 0 Å². The highest BCUT2D eigenvalue weighted by Gasteiger charge is 2.32. The van der Waals surface area contributed by atoms with Crippen LogP contribution in [0.5, 0.6) is 0 Å². The van der Waals surface area contributed by atoms with Crippen LogP contribution in [0.1, 0.15) is 18.9 Å². The Hall–Kier alpha value is -2.12. The van der Waals surface area contributed by atoms with Gasteiger partial charge in [0.2, 0.25) is 5.91 Å². The summed E-state index contributed by atoms with van der Waals surface area (Å²) in [5.74, 6) is 0.208. The first kappa shape index (κ1) is 16.4. The molecule has 25 heavy (non-hydrogen) atoms. The minimum absolute atomic E-state index is 0.0535. The number of hydrogen-bond donors (Lipinski definition) is 2. The zero-order chi connectivity index (χ0) is 17.4. The van der Waals surface area contributed by atoms with E-state index in [1.165, 1.54) is 0 Å². The van der Waals surface area contributed by atoms with Crippen LogP contribution < -0.4 is 11.0 Å². The van der Waals surface area contributed by atoms with Crippen LogP contribution in [0.4, 0.5) is 0 Å². The van der Waals surface area contributed by atoms with E-state index in [9.17, 15) is 9.59 Å². The standard InChI is InChI=1S/C18H25N5O2/c1-21-11-8-19-12-16(21)17(24)22-9-6-13(7-10-22)23-15-5-3-2-4-14(15)20-18(23)25/h2-5,13,16,19H,6-12H2,1H3,(H,20,25). The minimum Gasteiger partial charge on any atom is -0.341 e. The molecule has 1 atom stereocenters. The fourth-order valence-corrected chi connectivity index (χ4v) is 4.07. The first-order chi connectivity index (χ1) is 12.1. The lowest BCUT2D eigenvalue weighted by atomic mass is 10.0. The Morgan fingerprint density at radius 1 is 1.16 bits per heavy atom. The van der Waals surface area contributed by atoms with Gasteiger partial charge in [0.15, 0.2) is 0 Å². The molecule has 1 unspecified atom stereocenters. The zero-order valence-electron chi connectivity index (χ0n) is 14.6. The molecule has 2 aromatic rings. The molecule has 134 valence electrons. The van der Waals surface area contributed by atoms with Crippen molar-refractivity contribution in [2.75, 3.05) is 39.8 Å². The Labute approximate surface area is 146 Å². The Morgan fingerprint density at radius 2 is 1.92 bits per heavy atom. The number of carbonyl (C=O) groups excluding carboxylic acids is 1. The second-order valence-corrected chi connectivity index (χ2v) is 7.07. The maximum Gasteiger partial charge on any atom is 0.326 e. The number of aromatic nitrogens is 2. The quantitative estimate of drug-likeness (QED) is 0.828. The lowest BCUT2D eigenvalue weighted by molar-refractivity contribution is -0.138. The predicted molar refractivity (Wildman–Crippen MR) is 96.7 cm³/mol. The van der Waals surface area contributed by atoms with Gasteiger partial charge in [-0.3, -0.25) is 14.3 Å². The maximum absolute atomic E-state index is 12.8. The Kier molecular flexibility index (Phi) is 4.35. The highest BCUT2D eigenvalue weighted by molar-refractivity contribution is 5.82. The molecular formula is C18H25N5O2. The molecule has 2 saturated heterocycles. The molecule has 2 aliphatic rings. The average molecular weight is 343 g/mol. The Balaban J connectivity index is 1.47. The molecule has 0 aliphatic carbocycles. The monoisotopic (exact) mass is 343 g/mol. The first-order valence-corrected chi connectivity index (χ1v) is 9.04. The minimum atomic E-state index is -0.0684. The molecular weight excluding hydrogens is 318 g/mol. The van der Waals surface area contributed by atoms with Gasteiger partial charge >= 0.3 is 5.69 Å². The molecule has 3 heterocycles. The van der Waals surface area contributed by atoms with Gasteiger partial charge in [0.1, 0.15) is 6.04 Å². The zero-order valence-corrected chi connectivity index (χ0v) is 14.6. The SMILES string of the molecule is CN1CCNCC1C(=O)N1CCC(n2c(=O)[nH]c3ccccc32)CC1. The van der Waals surface area contributed by atoms with E-state index < -0.39 is 0 Å². The number of piperazine rings is 1. The molecule has 0 spiro atoms. The number of nitrogens with one attached hydrogen (secondary N) is 2. The number of benzene rings is 1. The second kappa shape index (κ2) is 6.65. The van der Waals surface area contributed by atoms with E-state index in [0.29, 0.717) is 13.1 Å². The molecule has 0 bridgehead atoms. The van der Waals surface area contributed by atoms with Crippen LogP contribution in [0.3, 0.4) is 0 Å². The molecule has 7 heteroatoms. The summed E-state index contributed by atoms with van der Waals surface area (Å²) >= 11 is 0. The topological polar surface area (TPSA) is 73.4 Å². The number of aromatic amines is 1. The van der Waals surface area contributed by atoms with Crippen molar-refractivity contribution < 1.29 is 4.79 Å². The molecule has 2 fully saturated rings. The fraction of sp³-hybridized carbons (Fsp3) is 0.556. The van der Waals surface area contributed by atoms with E-state index in [4.69, 9.17) is 0 Å². The van der Waals surface area contributed by atoms with Gasteiger partial charge in [-0.05, 0) is 32.0 Å². The van der Waals surface area contributed by atoms with Crippen LogP contribution in [-0.4, -0.2) is 71.1 Å². The third-order valence-corrected chi connectivity index (χ3v) is 5.56. The lowest BCUT2D eigenvalue weighted by Crippen LogP contribution is -2.58. The summed E-state index contributed by atoms with van der Waals surface area (Å²) < 4.78 is 1.87. The number of likely N-dealkylation sites (N-methyl/N-ethyl adjacent to an activating group) is 1. The number of likely N-dealkylation sites (tertiary alicyclic amines) is 1. The summed E-state index contributed by atoms with van der Waals surface area (Å²) in [6, 6.07) is 7.87. The summed E-state index contributed by atoms with van der Waals surface area (Å²) in [7, 11) is 2.02. The van der Waals surface area contributed by atoms with Crippen LogP contribution >= 0.6 is 0 Å². The Morgan fingerprint density at radius 3 is 2.68 bits per heavy atom. The number of carbonyl (C=O) groups is 1. The van der Waals surface area contributed by atoms with E-state index in [1.54, 1.807) is 0 Å². The molecule has 0 radical (unpaired) electrons. The second-order valence-electron chi connectivity index (χ2n) is 7.07. The number of hydrogen-bond acceptors (Lipinski definition) is 4. The molecule has 1 aromatic carbocycles. The smallest absolute Gasteiger partial charge is 0.326 e. The van der Waals surface area contributed by atoms with Gasteiger partial charge in [-0.15, -0.1) is 0 Å². The van der Waals surface area contributed by atoms with Gasteiger partial charge in [0.25, 0.3) is 0 Å². The van der Waals surface area contributed by atoms with Crippen molar-refractivity contribution in [3.8, 4) is 0 Å². The number of piperidine rings is 1. The van der Waals surface area contributed by atoms with E-state index >= 15 is 0 Å². The van der Waals surface area contributed by atoms with E-state index in [2.05, 4.69) is 15.2 Å². The number of H-pyrrole nitrogens is 1. The number of amides is 1. The highest BCUT2D eigenvalue weighted by Crippen LogP contribution is 2.25. The molecule has 2 aliphatic heterocycles. The summed E-state index contributed by atoms with van der Waals surface area (Å²) in [4.78, 5) is 32.2.